The molecule has 0 atom stereocenters. The van der Waals surface area contributed by atoms with E-state index in [4.69, 9.17) is 0 Å². The Morgan fingerprint density at radius 2 is 1.87 bits per heavy atom. The molecule has 2 rings (SSSR count). The lowest BCUT2D eigenvalue weighted by atomic mass is 10.2. The number of amides is 1. The highest BCUT2D eigenvalue weighted by Gasteiger charge is 2.16. The maximum absolute atomic E-state index is 12.3. The summed E-state index contributed by atoms with van der Waals surface area (Å²) in [5, 5.41) is 6.16. The molecule has 0 saturated heterocycles. The first-order valence-electron chi connectivity index (χ1n) is 7.79. The Labute approximate surface area is 144 Å². The molecule has 1 amide bonds. The van der Waals surface area contributed by atoms with Gasteiger partial charge in [0.2, 0.25) is 0 Å². The molecule has 2 N–H and O–H groups in total. The van der Waals surface area contributed by atoms with Crippen LogP contribution in [0.15, 0.2) is 30.3 Å². The van der Waals surface area contributed by atoms with E-state index in [-0.39, 0.29) is 18.3 Å². The predicted molar refractivity (Wildman–Crippen MR) is 98.1 cm³/mol. The molecule has 126 valence electrons. The van der Waals surface area contributed by atoms with E-state index in [0.29, 0.717) is 6.54 Å². The largest absolute Gasteiger partial charge is 0.351 e. The minimum absolute atomic E-state index is 0. The smallest absolute Gasteiger partial charge is 0.253 e. The van der Waals surface area contributed by atoms with Gasteiger partial charge < -0.3 is 15.2 Å². The van der Waals surface area contributed by atoms with Crippen molar-refractivity contribution in [1.29, 1.82) is 0 Å². The Morgan fingerprint density at radius 3 is 2.52 bits per heavy atom. The van der Waals surface area contributed by atoms with Gasteiger partial charge in [-0.2, -0.15) is 0 Å². The minimum atomic E-state index is -0.00935. The summed E-state index contributed by atoms with van der Waals surface area (Å²) in [4.78, 5) is 12.3. The number of nitrogens with zero attached hydrogens (tertiary/aromatic N) is 1. The molecule has 0 bridgehead atoms. The van der Waals surface area contributed by atoms with Gasteiger partial charge in [0, 0.05) is 30.2 Å². The molecular formula is C18H26ClN3O. The van der Waals surface area contributed by atoms with Gasteiger partial charge in [-0.1, -0.05) is 19.1 Å². The minimum Gasteiger partial charge on any atom is -0.351 e. The van der Waals surface area contributed by atoms with E-state index in [1.807, 2.05) is 26.0 Å². The highest BCUT2D eigenvalue weighted by Crippen LogP contribution is 2.21. The Balaban J connectivity index is 0.00000264. The molecule has 1 aromatic carbocycles. The Hall–Kier alpha value is -1.78. The van der Waals surface area contributed by atoms with Gasteiger partial charge in [-0.25, -0.2) is 0 Å². The SMILES string of the molecule is CCNCCNC(=O)c1cc(C)n(-c2cccc(C)c2)c1C.Cl. The zero-order chi connectivity index (χ0) is 16.1. The van der Waals surface area contributed by atoms with Gasteiger partial charge >= 0.3 is 0 Å². The van der Waals surface area contributed by atoms with Gasteiger partial charge in [0.25, 0.3) is 5.91 Å². The van der Waals surface area contributed by atoms with Crippen LogP contribution in [0.3, 0.4) is 0 Å². The van der Waals surface area contributed by atoms with Gasteiger partial charge in [-0.3, -0.25) is 4.79 Å². The fourth-order valence-corrected chi connectivity index (χ4v) is 2.69. The van der Waals surface area contributed by atoms with Crippen LogP contribution in [0.4, 0.5) is 0 Å². The average Bonchev–Trinajstić information content (AvgIpc) is 2.78. The predicted octanol–water partition coefficient (Wildman–Crippen LogP) is 3.16. The van der Waals surface area contributed by atoms with Gasteiger partial charge in [0.15, 0.2) is 0 Å². The Morgan fingerprint density at radius 1 is 1.13 bits per heavy atom. The highest BCUT2D eigenvalue weighted by molar-refractivity contribution is 5.95. The summed E-state index contributed by atoms with van der Waals surface area (Å²) >= 11 is 0. The van der Waals surface area contributed by atoms with Crippen molar-refractivity contribution in [2.75, 3.05) is 19.6 Å². The maximum Gasteiger partial charge on any atom is 0.253 e. The van der Waals surface area contributed by atoms with E-state index in [1.54, 1.807) is 0 Å². The van der Waals surface area contributed by atoms with Crippen LogP contribution in [0.2, 0.25) is 0 Å². The summed E-state index contributed by atoms with van der Waals surface area (Å²) in [6.07, 6.45) is 0. The third-order valence-electron chi connectivity index (χ3n) is 3.77. The van der Waals surface area contributed by atoms with Crippen LogP contribution in [-0.4, -0.2) is 30.1 Å². The van der Waals surface area contributed by atoms with Gasteiger partial charge in [0.05, 0.1) is 5.56 Å². The summed E-state index contributed by atoms with van der Waals surface area (Å²) < 4.78 is 2.13. The number of hydrogen-bond acceptors (Lipinski definition) is 2. The quantitative estimate of drug-likeness (QED) is 0.796. The normalized spacial score (nSPS) is 10.3. The topological polar surface area (TPSA) is 46.1 Å². The number of rotatable bonds is 6. The molecule has 0 aliphatic heterocycles. The second kappa shape index (κ2) is 8.75. The molecule has 5 heteroatoms. The number of carbonyl (C=O) groups excluding carboxylic acids is 1. The number of aryl methyl sites for hydroxylation is 2. The molecular weight excluding hydrogens is 310 g/mol. The lowest BCUT2D eigenvalue weighted by molar-refractivity contribution is 0.0953. The second-order valence-corrected chi connectivity index (χ2v) is 5.57. The number of benzene rings is 1. The standard InChI is InChI=1S/C18H25N3O.ClH/c1-5-19-9-10-20-18(22)17-12-14(3)21(15(17)4)16-8-6-7-13(2)11-16;/h6-8,11-12,19H,5,9-10H2,1-4H3,(H,20,22);1H. The fraction of sp³-hybridized carbons (Fsp3) is 0.389. The number of aromatic nitrogens is 1. The lowest BCUT2D eigenvalue weighted by Gasteiger charge is -2.11. The summed E-state index contributed by atoms with van der Waals surface area (Å²) in [6, 6.07) is 10.3. The number of carbonyl (C=O) groups is 1. The lowest BCUT2D eigenvalue weighted by Crippen LogP contribution is -2.31. The third-order valence-corrected chi connectivity index (χ3v) is 3.77. The first-order chi connectivity index (χ1) is 10.5. The van der Waals surface area contributed by atoms with Crippen molar-refractivity contribution in [3.63, 3.8) is 0 Å². The van der Waals surface area contributed by atoms with Gasteiger partial charge in [0.1, 0.15) is 0 Å². The zero-order valence-electron chi connectivity index (χ0n) is 14.3. The summed E-state index contributed by atoms with van der Waals surface area (Å²) in [5.74, 6) is -0.00935. The van der Waals surface area contributed by atoms with Crippen molar-refractivity contribution < 1.29 is 4.79 Å². The van der Waals surface area contributed by atoms with Crippen molar-refractivity contribution in [2.45, 2.75) is 27.7 Å². The molecule has 0 aliphatic rings. The maximum atomic E-state index is 12.3. The fourth-order valence-electron chi connectivity index (χ4n) is 2.69. The first-order valence-corrected chi connectivity index (χ1v) is 7.79. The van der Waals surface area contributed by atoms with Gasteiger partial charge in [-0.05, 0) is 51.1 Å². The van der Waals surface area contributed by atoms with Crippen LogP contribution < -0.4 is 10.6 Å². The Kier molecular flexibility index (Phi) is 7.33. The van der Waals surface area contributed by atoms with Gasteiger partial charge in [-0.15, -0.1) is 12.4 Å². The monoisotopic (exact) mass is 335 g/mol. The van der Waals surface area contributed by atoms with Crippen LogP contribution in [0.1, 0.15) is 34.2 Å². The molecule has 0 radical (unpaired) electrons. The molecule has 1 heterocycles. The van der Waals surface area contributed by atoms with Crippen molar-refractivity contribution in [3.8, 4) is 5.69 Å². The van der Waals surface area contributed by atoms with E-state index in [1.165, 1.54) is 5.56 Å². The van der Waals surface area contributed by atoms with Crippen LogP contribution in [0.25, 0.3) is 5.69 Å². The van der Waals surface area contributed by atoms with Crippen LogP contribution in [0.5, 0.6) is 0 Å². The van der Waals surface area contributed by atoms with Crippen LogP contribution >= 0.6 is 12.4 Å². The van der Waals surface area contributed by atoms with E-state index < -0.39 is 0 Å². The molecule has 1 aromatic heterocycles. The number of hydrogen-bond donors (Lipinski definition) is 2. The Bertz CT molecular complexity index is 664. The average molecular weight is 336 g/mol. The van der Waals surface area contributed by atoms with Crippen molar-refractivity contribution in [2.24, 2.45) is 0 Å². The second-order valence-electron chi connectivity index (χ2n) is 5.57. The summed E-state index contributed by atoms with van der Waals surface area (Å²) in [5.41, 5.74) is 5.10. The molecule has 0 fully saturated rings. The van der Waals surface area contributed by atoms with Crippen LogP contribution in [-0.2, 0) is 0 Å². The van der Waals surface area contributed by atoms with Crippen molar-refractivity contribution >= 4 is 18.3 Å². The van der Waals surface area contributed by atoms with Crippen molar-refractivity contribution in [1.82, 2.24) is 15.2 Å². The molecule has 0 spiro atoms. The summed E-state index contributed by atoms with van der Waals surface area (Å²) in [7, 11) is 0. The van der Waals surface area contributed by atoms with Crippen LogP contribution in [0, 0.1) is 20.8 Å². The number of halogens is 1. The molecule has 4 nitrogen and oxygen atoms in total. The molecule has 0 saturated carbocycles. The molecule has 23 heavy (non-hydrogen) atoms. The molecule has 0 aliphatic carbocycles. The number of nitrogens with one attached hydrogen (secondary N) is 2. The third kappa shape index (κ3) is 4.60. The number of likely N-dealkylation sites (N-methyl/N-ethyl adjacent to an activating group) is 1. The van der Waals surface area contributed by atoms with E-state index in [9.17, 15) is 4.79 Å². The first kappa shape index (κ1) is 19.3. The van der Waals surface area contributed by atoms with E-state index in [2.05, 4.69) is 47.2 Å². The highest BCUT2D eigenvalue weighted by atomic mass is 35.5. The van der Waals surface area contributed by atoms with Crippen molar-refractivity contribution in [3.05, 3.63) is 52.8 Å². The summed E-state index contributed by atoms with van der Waals surface area (Å²) in [6.45, 7) is 10.5. The van der Waals surface area contributed by atoms with E-state index in [0.717, 1.165) is 35.7 Å². The zero-order valence-corrected chi connectivity index (χ0v) is 15.1. The van der Waals surface area contributed by atoms with E-state index >= 15 is 0 Å². The molecule has 2 aromatic rings. The molecule has 0 unspecified atom stereocenters.